The molecule has 28 heteroatoms. The number of carboxylic acids is 1. The number of fused-ring (bicyclic) bond motifs is 6. The molecule has 2 aliphatic rings. The van der Waals surface area contributed by atoms with Crippen LogP contribution in [0.1, 0.15) is 79.0 Å². The topological polar surface area (TPSA) is 365 Å². The van der Waals surface area contributed by atoms with Gasteiger partial charge in [-0.3, -0.25) is 43.2 Å². The van der Waals surface area contributed by atoms with Gasteiger partial charge in [0.15, 0.2) is 0 Å². The molecule has 28 nitrogen and oxygen atoms in total. The van der Waals surface area contributed by atoms with Crippen LogP contribution in [0.15, 0.2) is 239 Å². The number of aliphatic carboxylic acids is 1. The molecule has 10 aromatic rings. The molecule has 0 bridgehead atoms. The van der Waals surface area contributed by atoms with Crippen LogP contribution in [0.4, 0.5) is 26.7 Å². The van der Waals surface area contributed by atoms with Gasteiger partial charge >= 0.3 is 24.1 Å². The standard InChI is InChI=1S/C32H31N5O5.C19H22N2O2.C14H13N3O4.C13H11N3O4/c1-2-36(30(39)20-37-29(38)18-23(19-34-37)35-31(40)22-10-4-3-5-11-22)17-16-33-32(41)42-21-28-26-14-8-6-12-24(26)25-13-7-9-15-27(25)28;1-2-20-11-12-21-19(22)23-13-18-16-9-5-3-7-14(16)15-8-4-6-10-17(15)18;1-21-13(19)9-17-12(18)7-11(8-15-17)16-14(20)10-5-3-2-4-6-10;17-11-6-10(7-14-16(11)8-12(18)19)15-13(20)9-4-2-1-3-5-9/h3-15,18-19,28H,2,16-17,20-21H2,1H3,(H,33,41)(H,35,40);3-10,18,20H,2,11-13H2,1H3,(H,21,22);2-8H,9H2,1H3,(H,16,20);1-7H,8H2,(H,15,20)(H,18,19). The SMILES string of the molecule is CCN(CCNC(=O)OCC1c2ccccc2-c2ccccc21)C(=O)Cn1ncc(NC(=O)c2ccccc2)cc1=O.CCNCCNC(=O)OCC1c2ccccc2-c2ccccc21.COC(=O)Cn1ncc(NC(=O)c2ccccc2)cc1=O.O=C(O)Cn1ncc(NC(=O)c2ccccc2)cc1=O. The van der Waals surface area contributed by atoms with Crippen molar-refractivity contribution in [3.8, 4) is 22.3 Å². The summed E-state index contributed by atoms with van der Waals surface area (Å²) in [5, 5.41) is 36.4. The minimum atomic E-state index is -1.17. The quantitative estimate of drug-likeness (QED) is 0.0170. The molecule has 7 aromatic carbocycles. The molecule has 3 aromatic heterocycles. The number of hydrogen-bond donors (Lipinski definition) is 7. The first kappa shape index (κ1) is 76.7. The largest absolute Gasteiger partial charge is 0.480 e. The van der Waals surface area contributed by atoms with Gasteiger partial charge in [-0.05, 0) is 94.4 Å². The smallest absolute Gasteiger partial charge is 0.407 e. The summed E-state index contributed by atoms with van der Waals surface area (Å²) in [6.45, 7) is 6.36. The highest BCUT2D eigenvalue weighted by atomic mass is 16.6. The van der Waals surface area contributed by atoms with Crippen molar-refractivity contribution in [2.75, 3.05) is 75.5 Å². The fraction of sp³-hybridized carbons (Fsp3) is 0.205. The van der Waals surface area contributed by atoms with Crippen molar-refractivity contribution in [3.63, 3.8) is 0 Å². The second kappa shape index (κ2) is 38.5. The molecule has 0 aliphatic heterocycles. The van der Waals surface area contributed by atoms with Gasteiger partial charge in [0, 0.05) is 79.4 Å². The number of carbonyl (C=O) groups is 8. The first-order chi connectivity index (χ1) is 51.4. The van der Waals surface area contributed by atoms with E-state index in [2.05, 4.69) is 100 Å². The maximum atomic E-state index is 12.9. The predicted octanol–water partition coefficient (Wildman–Crippen LogP) is 8.27. The number of rotatable bonds is 24. The van der Waals surface area contributed by atoms with Crippen molar-refractivity contribution in [1.29, 1.82) is 0 Å². The average molecular weight is 1440 g/mol. The molecule has 7 N–H and O–H groups in total. The second-order valence-electron chi connectivity index (χ2n) is 23.5. The molecule has 544 valence electrons. The van der Waals surface area contributed by atoms with Crippen LogP contribution < -0.4 is 48.6 Å². The minimum absolute atomic E-state index is 0.0410. The fourth-order valence-corrected chi connectivity index (χ4v) is 11.3. The number of methoxy groups -OCH3 is 1. The minimum Gasteiger partial charge on any atom is -0.480 e. The monoisotopic (exact) mass is 1440 g/mol. The second-order valence-corrected chi connectivity index (χ2v) is 23.5. The molecule has 12 rings (SSSR count). The molecule has 0 spiro atoms. The summed E-state index contributed by atoms with van der Waals surface area (Å²) in [6.07, 6.45) is 2.93. The lowest BCUT2D eigenvalue weighted by molar-refractivity contribution is -0.141. The summed E-state index contributed by atoms with van der Waals surface area (Å²) in [4.78, 5) is 132. The maximum absolute atomic E-state index is 12.9. The molecular weight excluding hydrogens is 1360 g/mol. The Hall–Kier alpha value is -13.5. The van der Waals surface area contributed by atoms with E-state index in [0.29, 0.717) is 36.4 Å². The Morgan fingerprint density at radius 1 is 0.443 bits per heavy atom. The highest BCUT2D eigenvalue weighted by molar-refractivity contribution is 6.05. The Labute approximate surface area is 608 Å². The maximum Gasteiger partial charge on any atom is 0.407 e. The summed E-state index contributed by atoms with van der Waals surface area (Å²) >= 11 is 0. The lowest BCUT2D eigenvalue weighted by atomic mass is 9.98. The summed E-state index contributed by atoms with van der Waals surface area (Å²) in [6, 6.07) is 62.1. The fourth-order valence-electron chi connectivity index (χ4n) is 11.3. The Balaban J connectivity index is 0.000000174. The van der Waals surface area contributed by atoms with Gasteiger partial charge in [-0.2, -0.15) is 15.3 Å². The van der Waals surface area contributed by atoms with Crippen molar-refractivity contribution in [2.45, 2.75) is 45.3 Å². The van der Waals surface area contributed by atoms with Gasteiger partial charge in [0.2, 0.25) is 5.91 Å². The van der Waals surface area contributed by atoms with Gasteiger partial charge in [-0.25, -0.2) is 23.6 Å². The molecule has 0 radical (unpaired) electrons. The van der Waals surface area contributed by atoms with Crippen molar-refractivity contribution in [1.82, 2.24) is 50.2 Å². The van der Waals surface area contributed by atoms with E-state index >= 15 is 0 Å². The number of aromatic nitrogens is 6. The van der Waals surface area contributed by atoms with Crippen LogP contribution in [0, 0.1) is 0 Å². The molecule has 0 saturated heterocycles. The summed E-state index contributed by atoms with van der Waals surface area (Å²) < 4.78 is 18.2. The Bertz CT molecular complexity index is 4830. The number of benzene rings is 7. The van der Waals surface area contributed by atoms with Crippen LogP contribution in [-0.2, 0) is 48.2 Å². The van der Waals surface area contributed by atoms with Crippen molar-refractivity contribution >= 4 is 64.8 Å². The van der Waals surface area contributed by atoms with Crippen molar-refractivity contribution in [3.05, 3.63) is 295 Å². The van der Waals surface area contributed by atoms with E-state index in [4.69, 9.17) is 14.6 Å². The van der Waals surface area contributed by atoms with E-state index in [1.165, 1.54) is 65.0 Å². The van der Waals surface area contributed by atoms with Crippen molar-refractivity contribution < 1.29 is 57.7 Å². The zero-order valence-corrected chi connectivity index (χ0v) is 58.1. The van der Waals surface area contributed by atoms with Gasteiger partial charge in [-0.1, -0.05) is 159 Å². The number of nitrogens with zero attached hydrogens (tertiary/aromatic N) is 7. The molecule has 0 atom stereocenters. The van der Waals surface area contributed by atoms with Crippen LogP contribution in [0.5, 0.6) is 0 Å². The molecular formula is C78H77N13O15. The number of ether oxygens (including phenoxy) is 3. The van der Waals surface area contributed by atoms with Gasteiger partial charge in [-0.15, -0.1) is 0 Å². The Kier molecular flexibility index (Phi) is 27.9. The number of nitrogens with one attached hydrogen (secondary N) is 6. The Morgan fingerprint density at radius 2 is 0.783 bits per heavy atom. The third-order valence-electron chi connectivity index (χ3n) is 16.5. The van der Waals surface area contributed by atoms with E-state index in [-0.39, 0.29) is 91.4 Å². The zero-order valence-electron chi connectivity index (χ0n) is 58.1. The highest BCUT2D eigenvalue weighted by Crippen LogP contribution is 2.46. The van der Waals surface area contributed by atoms with Crippen LogP contribution in [-0.4, -0.2) is 147 Å². The van der Waals surface area contributed by atoms with E-state index in [9.17, 15) is 52.7 Å². The summed E-state index contributed by atoms with van der Waals surface area (Å²) in [7, 11) is 1.22. The molecule has 6 amide bonds. The molecule has 0 unspecified atom stereocenters. The molecule has 0 fully saturated rings. The molecule has 106 heavy (non-hydrogen) atoms. The number of hydrogen-bond acceptors (Lipinski definition) is 18. The normalized spacial score (nSPS) is 11.2. The van der Waals surface area contributed by atoms with E-state index in [1.54, 1.807) is 91.0 Å². The third kappa shape index (κ3) is 21.5. The number of esters is 1. The highest BCUT2D eigenvalue weighted by Gasteiger charge is 2.31. The number of carboxylic acid groups (broad SMARTS) is 1. The van der Waals surface area contributed by atoms with Crippen LogP contribution >= 0.6 is 0 Å². The summed E-state index contributed by atoms with van der Waals surface area (Å²) in [5.41, 5.74) is 9.94. The van der Waals surface area contributed by atoms with E-state index in [0.717, 1.165) is 55.5 Å². The number of likely N-dealkylation sites (N-methyl/N-ethyl adjacent to an activating group) is 2. The first-order valence-corrected chi connectivity index (χ1v) is 33.7. The van der Waals surface area contributed by atoms with Gasteiger partial charge in [0.1, 0.15) is 32.8 Å². The predicted molar refractivity (Wildman–Crippen MR) is 395 cm³/mol. The third-order valence-corrected chi connectivity index (χ3v) is 16.5. The summed E-state index contributed by atoms with van der Waals surface area (Å²) in [5.74, 6) is -3.09. The number of carbonyl (C=O) groups excluding carboxylic acids is 7. The lowest BCUT2D eigenvalue weighted by Gasteiger charge is -2.21. The first-order valence-electron chi connectivity index (χ1n) is 33.7. The van der Waals surface area contributed by atoms with Crippen LogP contribution in [0.3, 0.4) is 0 Å². The van der Waals surface area contributed by atoms with Gasteiger partial charge in [0.25, 0.3) is 34.4 Å². The lowest BCUT2D eigenvalue weighted by Crippen LogP contribution is -2.41. The van der Waals surface area contributed by atoms with Crippen LogP contribution in [0.25, 0.3) is 22.3 Å². The number of alkyl carbamates (subject to hydrolysis) is 2. The molecule has 0 saturated carbocycles. The number of anilines is 3. The number of amides is 6. The van der Waals surface area contributed by atoms with E-state index < -0.39 is 41.3 Å². The molecule has 2 aliphatic carbocycles. The van der Waals surface area contributed by atoms with Crippen LogP contribution in [0.2, 0.25) is 0 Å². The van der Waals surface area contributed by atoms with Crippen molar-refractivity contribution in [2.24, 2.45) is 0 Å². The zero-order chi connectivity index (χ0) is 75.3. The van der Waals surface area contributed by atoms with E-state index in [1.807, 2.05) is 62.4 Å². The molecule has 3 heterocycles. The average Bonchev–Trinajstić information content (AvgIpc) is 1.62. The Morgan fingerprint density at radius 3 is 1.12 bits per heavy atom. The van der Waals surface area contributed by atoms with Gasteiger partial charge < -0.3 is 56.1 Å². The van der Waals surface area contributed by atoms with Gasteiger partial charge in [0.05, 0.1) is 42.8 Å².